The van der Waals surface area contributed by atoms with E-state index < -0.39 is 18.4 Å². The van der Waals surface area contributed by atoms with Gasteiger partial charge in [0.15, 0.2) is 6.61 Å². The molecule has 0 amide bonds. The molecule has 1 aromatic carbocycles. The number of carbonyl (C=O) groups is 2. The molecule has 0 fully saturated rings. The van der Waals surface area contributed by atoms with Crippen molar-refractivity contribution in [1.29, 1.82) is 5.26 Å². The van der Waals surface area contributed by atoms with Crippen LogP contribution in [0.1, 0.15) is 21.7 Å². The zero-order chi connectivity index (χ0) is 17.7. The predicted molar refractivity (Wildman–Crippen MR) is 88.6 cm³/mol. The monoisotopic (exact) mass is 389 g/mol. The van der Waals surface area contributed by atoms with Gasteiger partial charge in [0.2, 0.25) is 5.78 Å². The summed E-state index contributed by atoms with van der Waals surface area (Å²) in [4.78, 5) is 22.9. The van der Waals surface area contributed by atoms with Crippen LogP contribution in [0.3, 0.4) is 0 Å². The second-order valence-electron chi connectivity index (χ2n) is 4.76. The van der Waals surface area contributed by atoms with E-state index >= 15 is 0 Å². The largest absolute Gasteiger partial charge is 0.481 e. The Bertz CT molecular complexity index is 860. The minimum atomic E-state index is -1.08. The summed E-state index contributed by atoms with van der Waals surface area (Å²) >= 11 is 3.27. The molecule has 0 saturated heterocycles. The van der Waals surface area contributed by atoms with E-state index in [0.717, 1.165) is 0 Å². The van der Waals surface area contributed by atoms with Crippen LogP contribution in [-0.4, -0.2) is 23.5 Å². The first-order chi connectivity index (χ1) is 11.4. The number of carbonyl (C=O) groups excluding carboxylic acids is 1. The van der Waals surface area contributed by atoms with E-state index in [2.05, 4.69) is 15.9 Å². The first-order valence-corrected chi connectivity index (χ1v) is 7.56. The molecule has 1 N–H and O–H groups in total. The summed E-state index contributed by atoms with van der Waals surface area (Å²) in [6.45, 7) is 1.18. The van der Waals surface area contributed by atoms with E-state index in [-0.39, 0.29) is 5.57 Å². The van der Waals surface area contributed by atoms with Crippen molar-refractivity contribution in [3.8, 4) is 11.8 Å². The quantitative estimate of drug-likeness (QED) is 0.460. The molecule has 6 nitrogen and oxygen atoms in total. The van der Waals surface area contributed by atoms with Crippen LogP contribution < -0.4 is 4.74 Å². The minimum Gasteiger partial charge on any atom is -0.481 e. The Morgan fingerprint density at radius 2 is 2.17 bits per heavy atom. The summed E-state index contributed by atoms with van der Waals surface area (Å²) < 4.78 is 10.7. The van der Waals surface area contributed by atoms with Gasteiger partial charge >= 0.3 is 5.97 Å². The summed E-state index contributed by atoms with van der Waals surface area (Å²) in [5.41, 5.74) is 0.893. The van der Waals surface area contributed by atoms with Gasteiger partial charge in [0.25, 0.3) is 0 Å². The smallest absolute Gasteiger partial charge is 0.341 e. The van der Waals surface area contributed by atoms with Gasteiger partial charge in [-0.3, -0.25) is 4.79 Å². The van der Waals surface area contributed by atoms with E-state index in [9.17, 15) is 14.9 Å². The number of ketones is 1. The molecule has 122 valence electrons. The van der Waals surface area contributed by atoms with Gasteiger partial charge < -0.3 is 14.3 Å². The van der Waals surface area contributed by atoms with Crippen molar-refractivity contribution in [2.24, 2.45) is 0 Å². The maximum absolute atomic E-state index is 12.3. The van der Waals surface area contributed by atoms with Crippen LogP contribution >= 0.6 is 15.9 Å². The molecular formula is C17H12BrNO5. The average Bonchev–Trinajstić information content (AvgIpc) is 2.97. The third kappa shape index (κ3) is 4.12. The summed E-state index contributed by atoms with van der Waals surface area (Å²) in [7, 11) is 0. The lowest BCUT2D eigenvalue weighted by Gasteiger charge is -2.06. The van der Waals surface area contributed by atoms with Gasteiger partial charge in [0.05, 0.1) is 16.3 Å². The van der Waals surface area contributed by atoms with E-state index in [1.807, 2.05) is 6.07 Å². The molecule has 0 atom stereocenters. The molecule has 0 spiro atoms. The normalized spacial score (nSPS) is 11.0. The maximum atomic E-state index is 12.3. The summed E-state index contributed by atoms with van der Waals surface area (Å²) in [6.07, 6.45) is 2.84. The lowest BCUT2D eigenvalue weighted by Crippen LogP contribution is -2.09. The molecule has 1 heterocycles. The second kappa shape index (κ2) is 7.62. The second-order valence-corrected chi connectivity index (χ2v) is 5.62. The number of carboxylic acid groups (broad SMARTS) is 1. The molecule has 0 aliphatic heterocycles. The van der Waals surface area contributed by atoms with Gasteiger partial charge in [0, 0.05) is 0 Å². The molecule has 2 rings (SSSR count). The van der Waals surface area contributed by atoms with Gasteiger partial charge in [-0.2, -0.15) is 5.26 Å². The Hall–Kier alpha value is -2.85. The molecule has 0 aliphatic rings. The lowest BCUT2D eigenvalue weighted by molar-refractivity contribution is -0.139. The van der Waals surface area contributed by atoms with E-state index in [1.54, 1.807) is 25.1 Å². The van der Waals surface area contributed by atoms with Crippen LogP contribution in [0.15, 0.2) is 45.0 Å². The van der Waals surface area contributed by atoms with Crippen molar-refractivity contribution in [3.05, 3.63) is 57.5 Å². The maximum Gasteiger partial charge on any atom is 0.341 e. The number of allylic oxidation sites excluding steroid dienone is 1. The Balaban J connectivity index is 2.27. The Kier molecular flexibility index (Phi) is 5.55. The van der Waals surface area contributed by atoms with Crippen LogP contribution in [0.2, 0.25) is 0 Å². The molecule has 1 aromatic heterocycles. The van der Waals surface area contributed by atoms with Crippen molar-refractivity contribution in [2.75, 3.05) is 6.61 Å². The molecule has 7 heteroatoms. The first kappa shape index (κ1) is 17.5. The fraction of sp³-hybridized carbons (Fsp3) is 0.118. The zero-order valence-electron chi connectivity index (χ0n) is 12.6. The lowest BCUT2D eigenvalue weighted by atomic mass is 10.0. The molecule has 0 saturated carbocycles. The molecular weight excluding hydrogens is 378 g/mol. The predicted octanol–water partition coefficient (Wildman–Crippen LogP) is 3.60. The topological polar surface area (TPSA) is 101 Å². The fourth-order valence-corrected chi connectivity index (χ4v) is 2.46. The number of hydrogen-bond acceptors (Lipinski definition) is 5. The number of benzene rings is 1. The summed E-state index contributed by atoms with van der Waals surface area (Å²) in [5.74, 6) is -0.713. The van der Waals surface area contributed by atoms with Gasteiger partial charge in [-0.1, -0.05) is 6.07 Å². The third-order valence-corrected chi connectivity index (χ3v) is 3.71. The highest BCUT2D eigenvalue weighted by atomic mass is 79.9. The van der Waals surface area contributed by atoms with Crippen LogP contribution in [0.4, 0.5) is 0 Å². The van der Waals surface area contributed by atoms with Gasteiger partial charge in [-0.05, 0) is 52.7 Å². The van der Waals surface area contributed by atoms with Gasteiger partial charge in [0.1, 0.15) is 23.2 Å². The number of nitrogens with zero attached hydrogens (tertiary/aromatic N) is 1. The molecule has 0 aliphatic carbocycles. The number of aliphatic carboxylic acids is 1. The molecule has 2 aromatic rings. The minimum absolute atomic E-state index is 0.0365. The van der Waals surface area contributed by atoms with Crippen molar-refractivity contribution in [3.63, 3.8) is 0 Å². The highest BCUT2D eigenvalue weighted by molar-refractivity contribution is 9.10. The Morgan fingerprint density at radius 3 is 2.71 bits per heavy atom. The highest BCUT2D eigenvalue weighted by Gasteiger charge is 2.16. The first-order valence-electron chi connectivity index (χ1n) is 6.77. The van der Waals surface area contributed by atoms with E-state index in [4.69, 9.17) is 14.3 Å². The highest BCUT2D eigenvalue weighted by Crippen LogP contribution is 2.27. The summed E-state index contributed by atoms with van der Waals surface area (Å²) in [6, 6.07) is 8.21. The average molecular weight is 390 g/mol. The van der Waals surface area contributed by atoms with Crippen molar-refractivity contribution < 1.29 is 23.8 Å². The van der Waals surface area contributed by atoms with Crippen LogP contribution in [0.25, 0.3) is 6.08 Å². The number of hydrogen-bond donors (Lipinski definition) is 1. The van der Waals surface area contributed by atoms with Crippen LogP contribution in [0.5, 0.6) is 5.75 Å². The summed E-state index contributed by atoms with van der Waals surface area (Å²) in [5, 5.41) is 17.9. The number of Topliss-reactive ketones (excluding diaryl/α,β-unsaturated/α-hetero) is 1. The zero-order valence-corrected chi connectivity index (χ0v) is 14.2. The molecule has 24 heavy (non-hydrogen) atoms. The number of furan rings is 1. The number of ether oxygens (including phenoxy) is 1. The number of rotatable bonds is 6. The van der Waals surface area contributed by atoms with Crippen molar-refractivity contribution >= 4 is 33.8 Å². The number of carboxylic acids is 1. The number of halogens is 1. The van der Waals surface area contributed by atoms with E-state index in [1.165, 1.54) is 18.4 Å². The number of nitriles is 1. The number of aryl methyl sites for hydroxylation is 1. The van der Waals surface area contributed by atoms with Crippen molar-refractivity contribution in [2.45, 2.75) is 6.92 Å². The van der Waals surface area contributed by atoms with Crippen LogP contribution in [-0.2, 0) is 4.79 Å². The third-order valence-electron chi connectivity index (χ3n) is 3.09. The fourth-order valence-electron chi connectivity index (χ4n) is 1.94. The standard InChI is InChI=1S/C17H12BrNO5/c1-10-13(4-5-23-10)17(22)12(8-19)6-11-2-3-15(14(18)7-11)24-9-16(20)21/h2-7H,9H2,1H3,(H,20,21)/b12-6-. The van der Waals surface area contributed by atoms with Crippen LogP contribution in [0, 0.1) is 18.3 Å². The molecule has 0 bridgehead atoms. The SMILES string of the molecule is Cc1occc1C(=O)/C(C#N)=C\c1ccc(OCC(=O)O)c(Br)c1. The molecule has 0 radical (unpaired) electrons. The van der Waals surface area contributed by atoms with E-state index in [0.29, 0.717) is 27.1 Å². The Labute approximate surface area is 146 Å². The van der Waals surface area contributed by atoms with Crippen molar-refractivity contribution in [1.82, 2.24) is 0 Å². The molecule has 0 unspecified atom stereocenters. The van der Waals surface area contributed by atoms with Gasteiger partial charge in [-0.25, -0.2) is 4.79 Å². The Morgan fingerprint density at radius 1 is 1.42 bits per heavy atom. The van der Waals surface area contributed by atoms with Gasteiger partial charge in [-0.15, -0.1) is 0 Å².